The second-order valence-electron chi connectivity index (χ2n) is 7.12. The molecular formula is C18H20F3N5OS. The Balaban J connectivity index is 1.93. The van der Waals surface area contributed by atoms with Crippen LogP contribution in [0.15, 0.2) is 17.3 Å². The second kappa shape index (κ2) is 6.68. The van der Waals surface area contributed by atoms with Crippen LogP contribution >= 0.6 is 0 Å². The van der Waals surface area contributed by atoms with Crippen LogP contribution in [0, 0.1) is 5.92 Å². The molecule has 3 aromatic heterocycles. The molecule has 150 valence electrons. The molecule has 0 amide bonds. The summed E-state index contributed by atoms with van der Waals surface area (Å²) in [7, 11) is 0.435. The van der Waals surface area contributed by atoms with Gasteiger partial charge in [0.15, 0.2) is 5.82 Å². The monoisotopic (exact) mass is 411 g/mol. The zero-order valence-electron chi connectivity index (χ0n) is 15.7. The Hall–Kier alpha value is -2.23. The van der Waals surface area contributed by atoms with Gasteiger partial charge in [-0.05, 0) is 18.4 Å². The minimum Gasteiger partial charge on any atom is -0.324 e. The van der Waals surface area contributed by atoms with Gasteiger partial charge in [-0.2, -0.15) is 13.2 Å². The predicted octanol–water partition coefficient (Wildman–Crippen LogP) is 3.56. The number of hydrogen-bond acceptors (Lipinski definition) is 4. The molecule has 10 heteroatoms. The number of aromatic nitrogens is 5. The van der Waals surface area contributed by atoms with Crippen molar-refractivity contribution in [2.24, 2.45) is 13.0 Å². The number of imidazole rings is 2. The molecule has 0 bridgehead atoms. The Bertz CT molecular complexity index is 1090. The fourth-order valence-electron chi connectivity index (χ4n) is 3.61. The molecule has 4 rings (SSSR count). The second-order valence-corrected chi connectivity index (χ2v) is 8.78. The fraction of sp³-hybridized carbons (Fsp3) is 0.500. The maximum absolute atomic E-state index is 13.0. The smallest absolute Gasteiger partial charge is 0.324 e. The van der Waals surface area contributed by atoms with Crippen molar-refractivity contribution >= 4 is 21.8 Å². The van der Waals surface area contributed by atoms with Gasteiger partial charge in [-0.25, -0.2) is 15.0 Å². The highest BCUT2D eigenvalue weighted by atomic mass is 32.2. The van der Waals surface area contributed by atoms with Gasteiger partial charge in [0.2, 0.25) is 0 Å². The maximum Gasteiger partial charge on any atom is 0.433 e. The Kier molecular flexibility index (Phi) is 4.56. The van der Waals surface area contributed by atoms with E-state index in [1.165, 1.54) is 6.20 Å². The quantitative estimate of drug-likeness (QED) is 0.661. The summed E-state index contributed by atoms with van der Waals surface area (Å²) in [5.41, 5.74) is 0.152. The summed E-state index contributed by atoms with van der Waals surface area (Å²) in [6.07, 6.45) is -1.59. The summed E-state index contributed by atoms with van der Waals surface area (Å²) in [6, 6.07) is 0.938. The molecule has 1 aliphatic heterocycles. The number of alkyl halides is 3. The molecule has 4 heterocycles. The molecule has 0 saturated heterocycles. The van der Waals surface area contributed by atoms with E-state index in [0.29, 0.717) is 33.7 Å². The van der Waals surface area contributed by atoms with E-state index in [1.54, 1.807) is 11.6 Å². The lowest BCUT2D eigenvalue weighted by Gasteiger charge is -2.21. The lowest BCUT2D eigenvalue weighted by molar-refractivity contribution is -0.141. The number of fused-ring (bicyclic) bond motifs is 2. The average Bonchev–Trinajstić information content (AvgIpc) is 3.17. The summed E-state index contributed by atoms with van der Waals surface area (Å²) in [5, 5.41) is 0.603. The molecule has 0 aliphatic carbocycles. The van der Waals surface area contributed by atoms with Crippen molar-refractivity contribution in [3.05, 3.63) is 23.8 Å². The van der Waals surface area contributed by atoms with Crippen LogP contribution in [0.1, 0.15) is 31.8 Å². The minimum atomic E-state index is -4.54. The zero-order chi connectivity index (χ0) is 20.2. The number of pyridine rings is 1. The molecule has 2 unspecified atom stereocenters. The number of halogens is 3. The standard InChI is InChI=1S/C18H20F3N5OS/c1-4-28(27)17-15(24-14-6-5-10(2)9-26(14)17)16-23-11-7-13(18(19,20)21)22-8-12(11)25(16)3/h7-8,10H,4-6,9H2,1-3H3. The lowest BCUT2D eigenvalue weighted by Crippen LogP contribution is -2.20. The molecule has 0 saturated carbocycles. The first-order chi connectivity index (χ1) is 13.2. The first-order valence-corrected chi connectivity index (χ1v) is 10.4. The topological polar surface area (TPSA) is 65.6 Å². The molecule has 3 aromatic rings. The highest BCUT2D eigenvalue weighted by Crippen LogP contribution is 2.34. The van der Waals surface area contributed by atoms with Gasteiger partial charge in [0, 0.05) is 25.8 Å². The van der Waals surface area contributed by atoms with Gasteiger partial charge in [0.1, 0.15) is 22.2 Å². The molecular weight excluding hydrogens is 391 g/mol. The first-order valence-electron chi connectivity index (χ1n) is 9.08. The Morgan fingerprint density at radius 2 is 2.07 bits per heavy atom. The van der Waals surface area contributed by atoms with Gasteiger partial charge in [0.25, 0.3) is 0 Å². The Morgan fingerprint density at radius 1 is 1.32 bits per heavy atom. The van der Waals surface area contributed by atoms with Crippen molar-refractivity contribution in [3.8, 4) is 11.5 Å². The van der Waals surface area contributed by atoms with Crippen LogP contribution in [0.25, 0.3) is 22.6 Å². The number of rotatable bonds is 3. The van der Waals surface area contributed by atoms with Crippen molar-refractivity contribution in [1.82, 2.24) is 24.1 Å². The van der Waals surface area contributed by atoms with Crippen LogP contribution in [-0.2, 0) is 37.0 Å². The first kappa shape index (κ1) is 19.1. The highest BCUT2D eigenvalue weighted by molar-refractivity contribution is 7.85. The van der Waals surface area contributed by atoms with Gasteiger partial charge < -0.3 is 9.13 Å². The Morgan fingerprint density at radius 3 is 2.75 bits per heavy atom. The van der Waals surface area contributed by atoms with Gasteiger partial charge >= 0.3 is 6.18 Å². The van der Waals surface area contributed by atoms with Crippen molar-refractivity contribution in [3.63, 3.8) is 0 Å². The summed E-state index contributed by atoms with van der Waals surface area (Å²) < 4.78 is 55.5. The van der Waals surface area contributed by atoms with Crippen LogP contribution in [0.2, 0.25) is 0 Å². The summed E-state index contributed by atoms with van der Waals surface area (Å²) in [6.45, 7) is 4.70. The van der Waals surface area contributed by atoms with Gasteiger partial charge in [0.05, 0.1) is 28.0 Å². The number of hydrogen-bond donors (Lipinski definition) is 0. The summed E-state index contributed by atoms with van der Waals surface area (Å²) >= 11 is 0. The molecule has 0 N–H and O–H groups in total. The summed E-state index contributed by atoms with van der Waals surface area (Å²) in [4.78, 5) is 12.6. The van der Waals surface area contributed by atoms with Crippen molar-refractivity contribution in [1.29, 1.82) is 0 Å². The van der Waals surface area contributed by atoms with Gasteiger partial charge in [-0.3, -0.25) is 4.21 Å². The maximum atomic E-state index is 13.0. The molecule has 1 aliphatic rings. The minimum absolute atomic E-state index is 0.187. The largest absolute Gasteiger partial charge is 0.433 e. The molecule has 28 heavy (non-hydrogen) atoms. The highest BCUT2D eigenvalue weighted by Gasteiger charge is 2.34. The SMILES string of the molecule is CCS(=O)c1c(-c2nc3cc(C(F)(F)F)ncc3n2C)nc2n1CC(C)CC2. The Labute approximate surface area is 162 Å². The molecule has 0 fully saturated rings. The normalized spacial score (nSPS) is 18.4. The van der Waals surface area contributed by atoms with Crippen molar-refractivity contribution < 1.29 is 17.4 Å². The van der Waals surface area contributed by atoms with Crippen molar-refractivity contribution in [2.75, 3.05) is 5.75 Å². The van der Waals surface area contributed by atoms with E-state index < -0.39 is 22.7 Å². The molecule has 2 atom stereocenters. The molecule has 0 radical (unpaired) electrons. The third-order valence-electron chi connectivity index (χ3n) is 5.10. The predicted molar refractivity (Wildman–Crippen MR) is 99.2 cm³/mol. The van der Waals surface area contributed by atoms with Crippen LogP contribution in [0.3, 0.4) is 0 Å². The third kappa shape index (κ3) is 3.03. The lowest BCUT2D eigenvalue weighted by atomic mass is 10.0. The van der Waals surface area contributed by atoms with E-state index >= 15 is 0 Å². The van der Waals surface area contributed by atoms with Gasteiger partial charge in [-0.1, -0.05) is 13.8 Å². The van der Waals surface area contributed by atoms with Crippen LogP contribution < -0.4 is 0 Å². The molecule has 6 nitrogen and oxygen atoms in total. The van der Waals surface area contributed by atoms with Gasteiger partial charge in [-0.15, -0.1) is 0 Å². The van der Waals surface area contributed by atoms with E-state index in [-0.39, 0.29) is 5.52 Å². The average molecular weight is 411 g/mol. The fourth-order valence-corrected chi connectivity index (χ4v) is 4.66. The van der Waals surface area contributed by atoms with E-state index in [9.17, 15) is 17.4 Å². The van der Waals surface area contributed by atoms with E-state index in [0.717, 1.165) is 31.3 Å². The van der Waals surface area contributed by atoms with Crippen LogP contribution in [0.4, 0.5) is 13.2 Å². The van der Waals surface area contributed by atoms with Crippen LogP contribution in [-0.4, -0.2) is 34.0 Å². The van der Waals surface area contributed by atoms with E-state index in [2.05, 4.69) is 16.9 Å². The third-order valence-corrected chi connectivity index (χ3v) is 6.47. The number of nitrogens with zero attached hydrogens (tertiary/aromatic N) is 5. The molecule has 0 spiro atoms. The van der Waals surface area contributed by atoms with E-state index in [1.807, 2.05) is 11.5 Å². The van der Waals surface area contributed by atoms with Crippen molar-refractivity contribution in [2.45, 2.75) is 44.4 Å². The molecule has 0 aromatic carbocycles. The summed E-state index contributed by atoms with van der Waals surface area (Å²) in [5.74, 6) is 2.13. The zero-order valence-corrected chi connectivity index (χ0v) is 16.6. The van der Waals surface area contributed by atoms with E-state index in [4.69, 9.17) is 4.98 Å². The number of aryl methyl sites for hydroxylation is 2. The van der Waals surface area contributed by atoms with Crippen LogP contribution in [0.5, 0.6) is 0 Å².